The van der Waals surface area contributed by atoms with Crippen LogP contribution >= 0.6 is 0 Å². The maximum atomic E-state index is 12.4. The molecule has 1 N–H and O–H groups in total. The molecule has 1 fully saturated rings. The van der Waals surface area contributed by atoms with Gasteiger partial charge in [-0.2, -0.15) is 0 Å². The fraction of sp³-hybridized carbons (Fsp3) is 0.650. The Morgan fingerprint density at radius 3 is 2.46 bits per heavy atom. The molecule has 0 saturated carbocycles. The van der Waals surface area contributed by atoms with Crippen molar-refractivity contribution >= 4 is 5.91 Å². The van der Waals surface area contributed by atoms with Gasteiger partial charge in [0.25, 0.3) is 5.91 Å². The Morgan fingerprint density at radius 1 is 1.15 bits per heavy atom. The first-order valence-corrected chi connectivity index (χ1v) is 9.61. The number of nitrogens with one attached hydrogen (secondary N) is 1. The third-order valence-electron chi connectivity index (χ3n) is 4.64. The summed E-state index contributed by atoms with van der Waals surface area (Å²) in [5.41, 5.74) is 0.592. The van der Waals surface area contributed by atoms with Gasteiger partial charge >= 0.3 is 0 Å². The zero-order valence-electron chi connectivity index (χ0n) is 16.6. The van der Waals surface area contributed by atoms with Crippen molar-refractivity contribution in [2.45, 2.75) is 33.3 Å². The number of piperazine rings is 1. The van der Waals surface area contributed by atoms with Crippen LogP contribution < -0.4 is 14.8 Å². The van der Waals surface area contributed by atoms with E-state index in [0.717, 1.165) is 45.7 Å². The molecule has 0 unspecified atom stereocenters. The molecule has 6 nitrogen and oxygen atoms in total. The van der Waals surface area contributed by atoms with Gasteiger partial charge in [-0.15, -0.1) is 0 Å². The molecule has 6 heteroatoms. The van der Waals surface area contributed by atoms with Crippen LogP contribution in [-0.4, -0.2) is 74.7 Å². The molecule has 1 aromatic rings. The number of likely N-dealkylation sites (N-methyl/N-ethyl adjacent to an activating group) is 1. The number of carbonyl (C=O) groups excluding carboxylic acids is 1. The quantitative estimate of drug-likeness (QED) is 0.682. The number of amides is 1. The summed E-state index contributed by atoms with van der Waals surface area (Å²) in [6.07, 6.45) is 1.02. The monoisotopic (exact) mass is 363 g/mol. The van der Waals surface area contributed by atoms with Crippen molar-refractivity contribution in [3.8, 4) is 11.5 Å². The van der Waals surface area contributed by atoms with Gasteiger partial charge < -0.3 is 24.6 Å². The summed E-state index contributed by atoms with van der Waals surface area (Å²) in [5.74, 6) is 1.17. The van der Waals surface area contributed by atoms with Crippen LogP contribution in [0.25, 0.3) is 0 Å². The Kier molecular flexibility index (Phi) is 8.19. The van der Waals surface area contributed by atoms with Crippen LogP contribution in [0.2, 0.25) is 0 Å². The van der Waals surface area contributed by atoms with Gasteiger partial charge in [0.05, 0.1) is 13.2 Å². The topological polar surface area (TPSA) is 54.0 Å². The Labute approximate surface area is 157 Å². The summed E-state index contributed by atoms with van der Waals surface area (Å²) >= 11 is 0. The number of rotatable bonds is 9. The van der Waals surface area contributed by atoms with E-state index in [1.807, 2.05) is 13.8 Å². The molecular formula is C20H33N3O3. The summed E-state index contributed by atoms with van der Waals surface area (Å²) in [6, 6.07) is 5.30. The predicted octanol–water partition coefficient (Wildman–Crippen LogP) is 2.24. The van der Waals surface area contributed by atoms with E-state index in [1.165, 1.54) is 0 Å². The minimum Gasteiger partial charge on any atom is -0.493 e. The number of carbonyl (C=O) groups is 1. The molecule has 0 radical (unpaired) electrons. The van der Waals surface area contributed by atoms with Gasteiger partial charge in [0.15, 0.2) is 11.5 Å². The van der Waals surface area contributed by atoms with E-state index < -0.39 is 0 Å². The van der Waals surface area contributed by atoms with E-state index in [2.05, 4.69) is 22.0 Å². The molecule has 0 aromatic heterocycles. The third kappa shape index (κ3) is 6.18. The van der Waals surface area contributed by atoms with Crippen LogP contribution in [0, 0.1) is 0 Å². The number of benzene rings is 1. The lowest BCUT2D eigenvalue weighted by atomic mass is 10.2. The lowest BCUT2D eigenvalue weighted by Crippen LogP contribution is -2.46. The summed E-state index contributed by atoms with van der Waals surface area (Å²) < 4.78 is 11.0. The van der Waals surface area contributed by atoms with Gasteiger partial charge in [-0.25, -0.2) is 0 Å². The van der Waals surface area contributed by atoms with Crippen LogP contribution in [0.5, 0.6) is 11.5 Å². The van der Waals surface area contributed by atoms with Crippen molar-refractivity contribution < 1.29 is 14.3 Å². The lowest BCUT2D eigenvalue weighted by molar-refractivity contribution is 0.0948. The predicted molar refractivity (Wildman–Crippen MR) is 104 cm³/mol. The molecule has 1 aliphatic rings. The molecule has 0 bridgehead atoms. The van der Waals surface area contributed by atoms with Gasteiger partial charge in [0, 0.05) is 38.3 Å². The standard InChI is InChI=1S/C20H33N3O3/c1-5-22-11-13-23(14-12-22)10-6-9-21-20(24)17-7-8-18(26-16(2)3)19(15-17)25-4/h7-8,15-16H,5-6,9-14H2,1-4H3,(H,21,24). The van der Waals surface area contributed by atoms with E-state index in [4.69, 9.17) is 9.47 Å². The van der Waals surface area contributed by atoms with Gasteiger partial charge in [-0.05, 0) is 51.6 Å². The first-order valence-electron chi connectivity index (χ1n) is 9.61. The first kappa shape index (κ1) is 20.5. The molecule has 1 aromatic carbocycles. The summed E-state index contributed by atoms with van der Waals surface area (Å²) in [7, 11) is 1.59. The van der Waals surface area contributed by atoms with E-state index in [-0.39, 0.29) is 12.0 Å². The van der Waals surface area contributed by atoms with E-state index in [9.17, 15) is 4.79 Å². The maximum Gasteiger partial charge on any atom is 0.251 e. The Bertz CT molecular complexity index is 569. The highest BCUT2D eigenvalue weighted by molar-refractivity contribution is 5.94. The Hall–Kier alpha value is -1.79. The second-order valence-electron chi connectivity index (χ2n) is 6.92. The molecule has 0 atom stereocenters. The molecule has 26 heavy (non-hydrogen) atoms. The molecule has 0 spiro atoms. The van der Waals surface area contributed by atoms with Gasteiger partial charge in [0.1, 0.15) is 0 Å². The largest absolute Gasteiger partial charge is 0.493 e. The first-order chi connectivity index (χ1) is 12.5. The van der Waals surface area contributed by atoms with Crippen LogP contribution in [-0.2, 0) is 0 Å². The second kappa shape index (κ2) is 10.4. The Morgan fingerprint density at radius 2 is 1.85 bits per heavy atom. The van der Waals surface area contributed by atoms with Crippen LogP contribution in [0.3, 0.4) is 0 Å². The molecule has 146 valence electrons. The average Bonchev–Trinajstić information content (AvgIpc) is 2.65. The van der Waals surface area contributed by atoms with E-state index in [0.29, 0.717) is 23.6 Å². The summed E-state index contributed by atoms with van der Waals surface area (Å²) in [5, 5.41) is 3.00. The van der Waals surface area contributed by atoms with Crippen molar-refractivity contribution in [2.24, 2.45) is 0 Å². The lowest BCUT2D eigenvalue weighted by Gasteiger charge is -2.33. The fourth-order valence-electron chi connectivity index (χ4n) is 3.10. The Balaban J connectivity index is 1.75. The summed E-state index contributed by atoms with van der Waals surface area (Å²) in [4.78, 5) is 17.3. The summed E-state index contributed by atoms with van der Waals surface area (Å²) in [6.45, 7) is 13.5. The van der Waals surface area contributed by atoms with Gasteiger partial charge in [0.2, 0.25) is 0 Å². The second-order valence-corrected chi connectivity index (χ2v) is 6.92. The van der Waals surface area contributed by atoms with E-state index in [1.54, 1.807) is 25.3 Å². The number of nitrogens with zero attached hydrogens (tertiary/aromatic N) is 2. The van der Waals surface area contributed by atoms with E-state index >= 15 is 0 Å². The van der Waals surface area contributed by atoms with Crippen molar-refractivity contribution in [2.75, 3.05) is 52.9 Å². The van der Waals surface area contributed by atoms with Crippen molar-refractivity contribution in [3.05, 3.63) is 23.8 Å². The zero-order chi connectivity index (χ0) is 18.9. The minimum absolute atomic E-state index is 0.0581. The highest BCUT2D eigenvalue weighted by Crippen LogP contribution is 2.28. The van der Waals surface area contributed by atoms with Crippen molar-refractivity contribution in [3.63, 3.8) is 0 Å². The molecule has 2 rings (SSSR count). The van der Waals surface area contributed by atoms with Crippen molar-refractivity contribution in [1.82, 2.24) is 15.1 Å². The van der Waals surface area contributed by atoms with Gasteiger partial charge in [-0.1, -0.05) is 6.92 Å². The number of hydrogen-bond acceptors (Lipinski definition) is 5. The SMILES string of the molecule is CCN1CCN(CCCNC(=O)c2ccc(OC(C)C)c(OC)c2)CC1. The van der Waals surface area contributed by atoms with Crippen molar-refractivity contribution in [1.29, 1.82) is 0 Å². The average molecular weight is 364 g/mol. The number of ether oxygens (including phenoxy) is 2. The normalized spacial score (nSPS) is 15.9. The molecule has 1 amide bonds. The highest BCUT2D eigenvalue weighted by atomic mass is 16.5. The molecule has 1 aliphatic heterocycles. The third-order valence-corrected chi connectivity index (χ3v) is 4.64. The maximum absolute atomic E-state index is 12.4. The molecule has 0 aliphatic carbocycles. The highest BCUT2D eigenvalue weighted by Gasteiger charge is 2.15. The number of hydrogen-bond donors (Lipinski definition) is 1. The molecule has 1 saturated heterocycles. The van der Waals surface area contributed by atoms with Crippen LogP contribution in [0.15, 0.2) is 18.2 Å². The van der Waals surface area contributed by atoms with Gasteiger partial charge in [-0.3, -0.25) is 4.79 Å². The molecule has 1 heterocycles. The fourth-order valence-corrected chi connectivity index (χ4v) is 3.10. The molecular weight excluding hydrogens is 330 g/mol. The van der Waals surface area contributed by atoms with Crippen LogP contribution in [0.1, 0.15) is 37.6 Å². The van der Waals surface area contributed by atoms with Crippen LogP contribution in [0.4, 0.5) is 0 Å². The zero-order valence-corrected chi connectivity index (χ0v) is 16.6. The smallest absolute Gasteiger partial charge is 0.251 e. The number of methoxy groups -OCH3 is 1. The minimum atomic E-state index is -0.0739.